The van der Waals surface area contributed by atoms with E-state index >= 15 is 0 Å². The Hall–Kier alpha value is -4.48. The van der Waals surface area contributed by atoms with Crippen molar-refractivity contribution in [3.8, 4) is 0 Å². The lowest BCUT2D eigenvalue weighted by Crippen LogP contribution is -2.66. The first-order chi connectivity index (χ1) is 36.0. The van der Waals surface area contributed by atoms with Gasteiger partial charge in [0.1, 0.15) is 48.5 Å². The molecule has 3 aliphatic heterocycles. The third-order valence-corrected chi connectivity index (χ3v) is 14.7. The van der Waals surface area contributed by atoms with Gasteiger partial charge in [0.2, 0.25) is 0 Å². The van der Waals surface area contributed by atoms with Crippen molar-refractivity contribution in [2.24, 2.45) is 11.8 Å². The number of nitrogens with zero attached hydrogens (tertiary/aromatic N) is 3. The van der Waals surface area contributed by atoms with E-state index < -0.39 is 140 Å². The molecule has 0 aliphatic carbocycles. The number of rotatable bonds is 18. The van der Waals surface area contributed by atoms with Crippen LogP contribution < -0.4 is 0 Å². The van der Waals surface area contributed by atoms with Crippen molar-refractivity contribution in [1.29, 1.82) is 0 Å². The Morgan fingerprint density at radius 1 is 0.908 bits per heavy atom. The summed E-state index contributed by atoms with van der Waals surface area (Å²) in [5.41, 5.74) is 0.440. The van der Waals surface area contributed by atoms with E-state index in [0.717, 1.165) is 22.9 Å². The molecule has 3 N–H and O–H groups in total. The van der Waals surface area contributed by atoms with Crippen LogP contribution in [0.4, 0.5) is 0 Å². The Morgan fingerprint density at radius 2 is 1.61 bits per heavy atom. The summed E-state index contributed by atoms with van der Waals surface area (Å²) in [7, 11) is 6.70. The first-order valence-electron chi connectivity index (χ1n) is 26.8. The largest absolute Gasteiger partial charge is 0.462 e. The molecule has 0 saturated carbocycles. The van der Waals surface area contributed by atoms with Crippen LogP contribution in [0.5, 0.6) is 0 Å². The number of aldehydes is 1. The summed E-state index contributed by atoms with van der Waals surface area (Å²) in [5.74, 6) is -3.84. The monoisotopic (exact) mass is 1070 g/mol. The standard InChI is InChI=1S/C56H85N3O17/c1-13-45(63)73-44-29-47(65)69-33(4)27-42(62)41(59(11)24-17-18-37-28-38-19-15-16-20-40(38)57-31-37)21-22-43(72-36(7)61)32(3)26-39(23-25-60)52(53(44)68-12)76-55-50(66)49(58(9)10)51(34(5)71-55)75-48-30-56(8,67)54(35(6)70-48)74-46(64)14-2/h15-16,19-22,25,28,31-35,39,41-44,48-55,62,66-67H,13-14,17-18,23-24,26-27,29-30H2,1-12H3/b22-21+/t32-,33-,34-,35+,39+,41-,42+,43+,44-,48+,49-,50-,51-,52+,53+,54+,55+,56-/m1/s1. The van der Waals surface area contributed by atoms with Gasteiger partial charge in [0.15, 0.2) is 18.7 Å². The molecular formula is C56H85N3O17. The maximum atomic E-state index is 14.0. The number of cyclic esters (lactones) is 1. The van der Waals surface area contributed by atoms with E-state index in [1.165, 1.54) is 14.0 Å². The second-order valence-corrected chi connectivity index (χ2v) is 21.3. The molecule has 0 spiro atoms. The fourth-order valence-corrected chi connectivity index (χ4v) is 10.8. The number of ether oxygens (including phenoxy) is 9. The molecule has 2 fully saturated rings. The number of hydrogen-bond donors (Lipinski definition) is 3. The van der Waals surface area contributed by atoms with Gasteiger partial charge >= 0.3 is 23.9 Å². The fraction of sp³-hybridized carbons (Fsp3) is 0.714. The Labute approximate surface area is 448 Å². The highest BCUT2D eigenvalue weighted by Gasteiger charge is 2.53. The lowest BCUT2D eigenvalue weighted by molar-refractivity contribution is -0.344. The minimum absolute atomic E-state index is 0.0146. The van der Waals surface area contributed by atoms with Gasteiger partial charge < -0.3 is 67.6 Å². The maximum absolute atomic E-state index is 14.0. The van der Waals surface area contributed by atoms with Gasteiger partial charge in [-0.1, -0.05) is 45.0 Å². The predicted octanol–water partition coefficient (Wildman–Crippen LogP) is 4.62. The van der Waals surface area contributed by atoms with Gasteiger partial charge in [-0.3, -0.25) is 29.1 Å². The van der Waals surface area contributed by atoms with E-state index in [-0.39, 0.29) is 38.5 Å². The summed E-state index contributed by atoms with van der Waals surface area (Å²) in [6.07, 6.45) is -7.07. The number of para-hydroxylation sites is 1. The lowest BCUT2D eigenvalue weighted by Gasteiger charge is -2.50. The zero-order chi connectivity index (χ0) is 56.0. The number of pyridine rings is 1. The molecule has 20 heteroatoms. The van der Waals surface area contributed by atoms with E-state index in [4.69, 9.17) is 42.6 Å². The highest BCUT2D eigenvalue weighted by atomic mass is 16.7. The van der Waals surface area contributed by atoms with Gasteiger partial charge in [-0.05, 0) is 110 Å². The third-order valence-electron chi connectivity index (χ3n) is 14.7. The molecule has 1 aromatic carbocycles. The molecule has 1 aromatic heterocycles. The SMILES string of the molecule is CCC(=O)O[C@@H]1CC(=O)O[C@H](C)C[C@H](O)[C@H](N(C)CCCc2cnc3ccccc3c2)/C=C/[C@H](OC(C)=O)[C@H](C)C[C@H](CC=O)[C@H](O[C@@H]2O[C@H](C)[C@@H](O[C@H]3C[C@@](C)(O)[C@@H](OC(=O)CC)[C@H](C)O3)[C@H](N(C)C)[C@H]2O)[C@H]1OC. The fourth-order valence-electron chi connectivity index (χ4n) is 10.8. The van der Waals surface area contributed by atoms with Crippen LogP contribution in [-0.2, 0) is 73.0 Å². The molecule has 426 valence electrons. The average molecular weight is 1070 g/mol. The van der Waals surface area contributed by atoms with Gasteiger partial charge in [0.05, 0.1) is 48.4 Å². The molecule has 2 aromatic rings. The minimum atomic E-state index is -1.53. The van der Waals surface area contributed by atoms with E-state index in [0.29, 0.717) is 19.3 Å². The molecule has 0 amide bonds. The van der Waals surface area contributed by atoms with Crippen molar-refractivity contribution in [3.63, 3.8) is 0 Å². The summed E-state index contributed by atoms with van der Waals surface area (Å²) < 4.78 is 55.5. The first kappa shape index (κ1) is 62.4. The normalized spacial score (nSPS) is 35.5. The van der Waals surface area contributed by atoms with E-state index in [1.807, 2.05) is 49.3 Å². The number of methoxy groups -OCH3 is 1. The van der Waals surface area contributed by atoms with Gasteiger partial charge in [0.25, 0.3) is 0 Å². The number of carbonyl (C=O) groups excluding carboxylic acids is 5. The van der Waals surface area contributed by atoms with Crippen LogP contribution in [0.2, 0.25) is 0 Å². The number of likely N-dealkylation sites (N-methyl/N-ethyl adjacent to an activating group) is 2. The van der Waals surface area contributed by atoms with Crippen molar-refractivity contribution in [3.05, 3.63) is 54.2 Å². The molecule has 0 bridgehead atoms. The number of aromatic nitrogens is 1. The van der Waals surface area contributed by atoms with Crippen LogP contribution in [0.3, 0.4) is 0 Å². The molecule has 20 nitrogen and oxygen atoms in total. The van der Waals surface area contributed by atoms with Crippen LogP contribution in [0.1, 0.15) is 112 Å². The summed E-state index contributed by atoms with van der Waals surface area (Å²) in [4.78, 5) is 73.4. The molecular weight excluding hydrogens is 987 g/mol. The summed E-state index contributed by atoms with van der Waals surface area (Å²) in [5, 5.41) is 36.8. The Bertz CT molecular complexity index is 2230. The molecule has 76 heavy (non-hydrogen) atoms. The number of aliphatic hydroxyl groups is 3. The van der Waals surface area contributed by atoms with E-state index in [9.17, 15) is 39.3 Å². The second kappa shape index (κ2) is 28.9. The number of fused-ring (bicyclic) bond motifs is 1. The molecule has 4 heterocycles. The quantitative estimate of drug-likeness (QED) is 0.0797. The zero-order valence-corrected chi connectivity index (χ0v) is 46.5. The number of benzene rings is 1. The number of carbonyl (C=O) groups is 5. The molecule has 5 rings (SSSR count). The van der Waals surface area contributed by atoms with Crippen molar-refractivity contribution in [1.82, 2.24) is 14.8 Å². The first-order valence-corrected chi connectivity index (χ1v) is 26.8. The number of aliphatic hydroxyl groups excluding tert-OH is 2. The summed E-state index contributed by atoms with van der Waals surface area (Å²) in [6, 6.07) is 8.53. The second-order valence-electron chi connectivity index (χ2n) is 21.3. The number of aryl methyl sites for hydroxylation is 1. The van der Waals surface area contributed by atoms with Crippen LogP contribution in [0.25, 0.3) is 10.9 Å². The van der Waals surface area contributed by atoms with Gasteiger partial charge in [-0.2, -0.15) is 0 Å². The van der Waals surface area contributed by atoms with Gasteiger partial charge in [-0.25, -0.2) is 0 Å². The minimum Gasteiger partial charge on any atom is -0.462 e. The van der Waals surface area contributed by atoms with Crippen LogP contribution in [0.15, 0.2) is 48.7 Å². The van der Waals surface area contributed by atoms with Crippen molar-refractivity contribution >= 4 is 41.1 Å². The van der Waals surface area contributed by atoms with Crippen LogP contribution >= 0.6 is 0 Å². The van der Waals surface area contributed by atoms with E-state index in [1.54, 1.807) is 72.7 Å². The Kier molecular flexibility index (Phi) is 23.7. The Balaban J connectivity index is 1.48. The van der Waals surface area contributed by atoms with Crippen molar-refractivity contribution in [2.75, 3.05) is 34.8 Å². The van der Waals surface area contributed by atoms with E-state index in [2.05, 4.69) is 11.1 Å². The summed E-state index contributed by atoms with van der Waals surface area (Å²) >= 11 is 0. The molecule has 0 unspecified atom stereocenters. The van der Waals surface area contributed by atoms with Crippen LogP contribution in [0, 0.1) is 11.8 Å². The third kappa shape index (κ3) is 17.0. The topological polar surface area (TPSA) is 248 Å². The highest BCUT2D eigenvalue weighted by Crippen LogP contribution is 2.38. The predicted molar refractivity (Wildman–Crippen MR) is 278 cm³/mol. The molecule has 18 atom stereocenters. The maximum Gasteiger partial charge on any atom is 0.309 e. The molecule has 3 aliphatic rings. The highest BCUT2D eigenvalue weighted by molar-refractivity contribution is 5.78. The molecule has 0 radical (unpaired) electrons. The summed E-state index contributed by atoms with van der Waals surface area (Å²) in [6.45, 7) is 13.5. The zero-order valence-electron chi connectivity index (χ0n) is 46.5. The Morgan fingerprint density at radius 3 is 2.25 bits per heavy atom. The lowest BCUT2D eigenvalue weighted by atomic mass is 9.82. The smallest absolute Gasteiger partial charge is 0.309 e. The number of esters is 4. The van der Waals surface area contributed by atoms with Crippen molar-refractivity contribution < 1.29 is 81.9 Å². The number of hydrogen-bond acceptors (Lipinski definition) is 20. The van der Waals surface area contributed by atoms with Crippen molar-refractivity contribution in [2.45, 2.75) is 211 Å². The van der Waals surface area contributed by atoms with Gasteiger partial charge in [0, 0.05) is 57.7 Å². The van der Waals surface area contributed by atoms with Crippen LogP contribution in [-0.4, -0.2) is 192 Å². The average Bonchev–Trinajstić information content (AvgIpc) is 3.34. The molecule has 2 saturated heterocycles. The van der Waals surface area contributed by atoms with Gasteiger partial charge in [-0.15, -0.1) is 0 Å².